The smallest absolute Gasteiger partial charge is 0.233 e. The van der Waals surface area contributed by atoms with Gasteiger partial charge in [-0.2, -0.15) is 0 Å². The maximum absolute atomic E-state index is 11.4. The topological polar surface area (TPSA) is 46.4 Å². The molecule has 1 heterocycles. The third-order valence-electron chi connectivity index (χ3n) is 4.16. The first-order valence-electron chi connectivity index (χ1n) is 7.29. The SMILES string of the molecule is O=[N+]([O-])[C@@H]1CN(Cc2ccccc2)C[C@H]1c1cccc(Br)c1. The fourth-order valence-electron chi connectivity index (χ4n) is 3.12. The summed E-state index contributed by atoms with van der Waals surface area (Å²) >= 11 is 3.45. The first-order chi connectivity index (χ1) is 10.6. The average Bonchev–Trinajstić information content (AvgIpc) is 2.92. The highest BCUT2D eigenvalue weighted by Crippen LogP contribution is 2.31. The zero-order valence-corrected chi connectivity index (χ0v) is 13.6. The van der Waals surface area contributed by atoms with Crippen LogP contribution in [0.2, 0.25) is 0 Å². The van der Waals surface area contributed by atoms with Crippen molar-refractivity contribution in [3.05, 3.63) is 80.3 Å². The molecule has 2 aromatic rings. The standard InChI is InChI=1S/C17H17BrN2O2/c18-15-8-4-7-14(9-15)16-11-19(12-17(16)20(21)22)10-13-5-2-1-3-6-13/h1-9,16-17H,10-12H2/t16-,17+/m0/s1. The molecule has 114 valence electrons. The molecule has 5 heteroatoms. The predicted octanol–water partition coefficient (Wildman–Crippen LogP) is 3.69. The molecule has 3 rings (SSSR count). The van der Waals surface area contributed by atoms with E-state index < -0.39 is 6.04 Å². The van der Waals surface area contributed by atoms with Crippen molar-refractivity contribution in [2.45, 2.75) is 18.5 Å². The summed E-state index contributed by atoms with van der Waals surface area (Å²) in [6.45, 7) is 1.98. The molecule has 2 aromatic carbocycles. The molecule has 1 aliphatic rings. The summed E-state index contributed by atoms with van der Waals surface area (Å²) in [5, 5.41) is 11.4. The number of hydrogen-bond donors (Lipinski definition) is 0. The van der Waals surface area contributed by atoms with Gasteiger partial charge in [0.15, 0.2) is 0 Å². The Balaban J connectivity index is 1.79. The quantitative estimate of drug-likeness (QED) is 0.616. The monoisotopic (exact) mass is 360 g/mol. The molecule has 0 unspecified atom stereocenters. The minimum Gasteiger partial charge on any atom is -0.292 e. The first kappa shape index (κ1) is 15.2. The maximum Gasteiger partial charge on any atom is 0.233 e. The molecular formula is C17H17BrN2O2. The van der Waals surface area contributed by atoms with E-state index in [-0.39, 0.29) is 10.8 Å². The van der Waals surface area contributed by atoms with Crippen molar-refractivity contribution in [3.63, 3.8) is 0 Å². The van der Waals surface area contributed by atoms with Gasteiger partial charge in [-0.3, -0.25) is 15.0 Å². The predicted molar refractivity (Wildman–Crippen MR) is 89.4 cm³/mol. The summed E-state index contributed by atoms with van der Waals surface area (Å²) in [6.07, 6.45) is 0. The molecule has 1 aliphatic heterocycles. The van der Waals surface area contributed by atoms with E-state index in [1.54, 1.807) is 0 Å². The Morgan fingerprint density at radius 3 is 2.59 bits per heavy atom. The zero-order chi connectivity index (χ0) is 15.5. The second kappa shape index (κ2) is 6.58. The lowest BCUT2D eigenvalue weighted by Gasteiger charge is -2.15. The lowest BCUT2D eigenvalue weighted by Crippen LogP contribution is -2.28. The molecule has 0 N–H and O–H groups in total. The van der Waals surface area contributed by atoms with Gasteiger partial charge >= 0.3 is 0 Å². The number of halogens is 1. The minimum atomic E-state index is -0.544. The Bertz CT molecular complexity index is 663. The van der Waals surface area contributed by atoms with Crippen molar-refractivity contribution in [1.29, 1.82) is 0 Å². The molecule has 0 aromatic heterocycles. The summed E-state index contributed by atoms with van der Waals surface area (Å²) < 4.78 is 0.966. The fraction of sp³-hybridized carbons (Fsp3) is 0.294. The van der Waals surface area contributed by atoms with Crippen molar-refractivity contribution in [2.75, 3.05) is 13.1 Å². The minimum absolute atomic E-state index is 0.0591. The van der Waals surface area contributed by atoms with Gasteiger partial charge in [0, 0.05) is 22.5 Å². The number of hydrogen-bond acceptors (Lipinski definition) is 3. The van der Waals surface area contributed by atoms with Crippen LogP contribution in [0.15, 0.2) is 59.1 Å². The van der Waals surface area contributed by atoms with E-state index in [2.05, 4.69) is 33.0 Å². The molecule has 0 bridgehead atoms. The summed E-state index contributed by atoms with van der Waals surface area (Å²) in [5.41, 5.74) is 2.23. The molecule has 1 saturated heterocycles. The van der Waals surface area contributed by atoms with Gasteiger partial charge in [0.1, 0.15) is 0 Å². The summed E-state index contributed by atoms with van der Waals surface area (Å²) in [6, 6.07) is 17.4. The molecule has 0 spiro atoms. The highest BCUT2D eigenvalue weighted by atomic mass is 79.9. The van der Waals surface area contributed by atoms with Gasteiger partial charge in [0.2, 0.25) is 6.04 Å². The first-order valence-corrected chi connectivity index (χ1v) is 8.08. The molecular weight excluding hydrogens is 344 g/mol. The number of nitrogens with zero attached hydrogens (tertiary/aromatic N) is 2. The van der Waals surface area contributed by atoms with Crippen molar-refractivity contribution in [1.82, 2.24) is 4.90 Å². The Morgan fingerprint density at radius 2 is 1.91 bits per heavy atom. The zero-order valence-electron chi connectivity index (χ0n) is 12.1. The van der Waals surface area contributed by atoms with Crippen molar-refractivity contribution >= 4 is 15.9 Å². The van der Waals surface area contributed by atoms with Crippen LogP contribution in [-0.2, 0) is 6.54 Å². The molecule has 0 radical (unpaired) electrons. The van der Waals surface area contributed by atoms with Gasteiger partial charge in [-0.15, -0.1) is 0 Å². The van der Waals surface area contributed by atoms with Crippen molar-refractivity contribution in [2.24, 2.45) is 0 Å². The van der Waals surface area contributed by atoms with Gasteiger partial charge in [-0.25, -0.2) is 0 Å². The number of benzene rings is 2. The van der Waals surface area contributed by atoms with E-state index in [4.69, 9.17) is 0 Å². The van der Waals surface area contributed by atoms with E-state index in [1.165, 1.54) is 5.56 Å². The van der Waals surface area contributed by atoms with Crippen LogP contribution in [0.25, 0.3) is 0 Å². The Kier molecular flexibility index (Phi) is 4.55. The molecule has 0 amide bonds. The average molecular weight is 361 g/mol. The molecule has 1 fully saturated rings. The van der Waals surface area contributed by atoms with Crippen LogP contribution >= 0.6 is 15.9 Å². The lowest BCUT2D eigenvalue weighted by atomic mass is 9.95. The molecule has 2 atom stereocenters. The molecule has 22 heavy (non-hydrogen) atoms. The largest absolute Gasteiger partial charge is 0.292 e. The summed E-state index contributed by atoms with van der Waals surface area (Å²) in [5.74, 6) is -0.0591. The fourth-order valence-corrected chi connectivity index (χ4v) is 3.53. The van der Waals surface area contributed by atoms with Gasteiger partial charge in [0.25, 0.3) is 0 Å². The van der Waals surface area contributed by atoms with Gasteiger partial charge in [-0.05, 0) is 23.3 Å². The van der Waals surface area contributed by atoms with Crippen LogP contribution in [0, 0.1) is 10.1 Å². The summed E-state index contributed by atoms with van der Waals surface area (Å²) in [7, 11) is 0. The number of nitro groups is 1. The van der Waals surface area contributed by atoms with E-state index >= 15 is 0 Å². The summed E-state index contributed by atoms with van der Waals surface area (Å²) in [4.78, 5) is 13.5. The maximum atomic E-state index is 11.4. The number of likely N-dealkylation sites (tertiary alicyclic amines) is 1. The van der Waals surface area contributed by atoms with Crippen LogP contribution in [0.4, 0.5) is 0 Å². The van der Waals surface area contributed by atoms with Gasteiger partial charge in [-0.1, -0.05) is 58.4 Å². The van der Waals surface area contributed by atoms with E-state index in [0.29, 0.717) is 6.54 Å². The van der Waals surface area contributed by atoms with Gasteiger partial charge < -0.3 is 0 Å². The second-order valence-electron chi connectivity index (χ2n) is 5.69. The number of rotatable bonds is 4. The highest BCUT2D eigenvalue weighted by Gasteiger charge is 2.41. The third-order valence-corrected chi connectivity index (χ3v) is 4.65. The van der Waals surface area contributed by atoms with Gasteiger partial charge in [0.05, 0.1) is 12.5 Å². The van der Waals surface area contributed by atoms with E-state index in [0.717, 1.165) is 23.1 Å². The molecule has 4 nitrogen and oxygen atoms in total. The Morgan fingerprint density at radius 1 is 1.14 bits per heavy atom. The van der Waals surface area contributed by atoms with Crippen LogP contribution in [0.3, 0.4) is 0 Å². The lowest BCUT2D eigenvalue weighted by molar-refractivity contribution is -0.521. The van der Waals surface area contributed by atoms with Crippen LogP contribution in [0.1, 0.15) is 17.0 Å². The van der Waals surface area contributed by atoms with Crippen LogP contribution in [-0.4, -0.2) is 29.0 Å². The van der Waals surface area contributed by atoms with E-state index in [9.17, 15) is 10.1 Å². The highest BCUT2D eigenvalue weighted by molar-refractivity contribution is 9.10. The third kappa shape index (κ3) is 3.36. The van der Waals surface area contributed by atoms with Crippen LogP contribution in [0.5, 0.6) is 0 Å². The van der Waals surface area contributed by atoms with Crippen LogP contribution < -0.4 is 0 Å². The molecule has 0 aliphatic carbocycles. The normalized spacial score (nSPS) is 21.9. The second-order valence-corrected chi connectivity index (χ2v) is 6.61. The van der Waals surface area contributed by atoms with E-state index in [1.807, 2.05) is 42.5 Å². The van der Waals surface area contributed by atoms with Crippen molar-refractivity contribution < 1.29 is 4.92 Å². The Labute approximate surface area is 138 Å². The molecule has 0 saturated carbocycles. The van der Waals surface area contributed by atoms with Crippen molar-refractivity contribution in [3.8, 4) is 0 Å². The Hall–Kier alpha value is -1.72.